The average molecular weight is 379 g/mol. The molecule has 1 aliphatic heterocycles. The molecule has 0 N–H and O–H groups in total. The van der Waals surface area contributed by atoms with Crippen molar-refractivity contribution in [2.45, 2.75) is 45.3 Å². The summed E-state index contributed by atoms with van der Waals surface area (Å²) < 4.78 is 11.0. The lowest BCUT2D eigenvalue weighted by Gasteiger charge is -2.37. The Labute approximate surface area is 160 Å². The highest BCUT2D eigenvalue weighted by Crippen LogP contribution is 2.26. The highest BCUT2D eigenvalue weighted by molar-refractivity contribution is 5.68. The number of nitro benzene ring substituents is 1. The van der Waals surface area contributed by atoms with Gasteiger partial charge >= 0.3 is 11.8 Å². The van der Waals surface area contributed by atoms with Crippen LogP contribution in [0.4, 0.5) is 10.5 Å². The van der Waals surface area contributed by atoms with E-state index < -0.39 is 10.5 Å². The van der Waals surface area contributed by atoms with Crippen LogP contribution in [0, 0.1) is 10.1 Å². The van der Waals surface area contributed by atoms with Gasteiger partial charge in [0.2, 0.25) is 0 Å². The van der Waals surface area contributed by atoms with Gasteiger partial charge in [0.1, 0.15) is 12.2 Å². The Morgan fingerprint density at radius 2 is 1.93 bits per heavy atom. The van der Waals surface area contributed by atoms with Crippen molar-refractivity contribution >= 4 is 11.8 Å². The van der Waals surface area contributed by atoms with Crippen LogP contribution < -0.4 is 4.74 Å². The maximum absolute atomic E-state index is 12.2. The number of amides is 1. The SMILES string of the molecule is CN(C(=O)OC(C)(C)C)C1CCN(CCOc2ccccc2[N+](=O)[O-])CC1. The van der Waals surface area contributed by atoms with E-state index in [4.69, 9.17) is 9.47 Å². The third kappa shape index (κ3) is 6.39. The van der Waals surface area contributed by atoms with Crippen LogP contribution in [0.5, 0.6) is 5.75 Å². The number of carbonyl (C=O) groups is 1. The number of para-hydroxylation sites is 2. The summed E-state index contributed by atoms with van der Waals surface area (Å²) in [5, 5.41) is 11.0. The largest absolute Gasteiger partial charge is 0.485 e. The Morgan fingerprint density at radius 3 is 2.52 bits per heavy atom. The number of ether oxygens (including phenoxy) is 2. The van der Waals surface area contributed by atoms with Crippen molar-refractivity contribution in [2.24, 2.45) is 0 Å². The third-order valence-electron chi connectivity index (χ3n) is 4.51. The number of piperidine rings is 1. The van der Waals surface area contributed by atoms with E-state index in [9.17, 15) is 14.9 Å². The molecule has 1 aromatic carbocycles. The number of hydrogen-bond donors (Lipinski definition) is 0. The summed E-state index contributed by atoms with van der Waals surface area (Å²) in [5.41, 5.74) is -0.515. The Bertz CT molecular complexity index is 651. The summed E-state index contributed by atoms with van der Waals surface area (Å²) >= 11 is 0. The van der Waals surface area contributed by atoms with Crippen molar-refractivity contribution in [3.8, 4) is 5.75 Å². The normalized spacial score (nSPS) is 16.0. The van der Waals surface area contributed by atoms with Crippen LogP contribution in [0.2, 0.25) is 0 Å². The summed E-state index contributed by atoms with van der Waals surface area (Å²) in [6.45, 7) is 8.34. The lowest BCUT2D eigenvalue weighted by atomic mass is 10.0. The number of nitrogens with zero attached hydrogens (tertiary/aromatic N) is 3. The van der Waals surface area contributed by atoms with Crippen LogP contribution in [-0.4, -0.2) is 65.7 Å². The quantitative estimate of drug-likeness (QED) is 0.557. The first-order chi connectivity index (χ1) is 12.7. The van der Waals surface area contributed by atoms with Gasteiger partial charge in [-0.15, -0.1) is 0 Å². The minimum Gasteiger partial charge on any atom is -0.485 e. The molecule has 0 saturated carbocycles. The van der Waals surface area contributed by atoms with E-state index in [0.29, 0.717) is 18.9 Å². The molecule has 8 heteroatoms. The molecule has 0 aromatic heterocycles. The molecule has 1 amide bonds. The zero-order valence-electron chi connectivity index (χ0n) is 16.5. The molecule has 0 atom stereocenters. The Hall–Kier alpha value is -2.35. The van der Waals surface area contributed by atoms with Gasteiger partial charge in [-0.05, 0) is 39.7 Å². The van der Waals surface area contributed by atoms with Crippen molar-refractivity contribution in [1.82, 2.24) is 9.80 Å². The number of hydrogen-bond acceptors (Lipinski definition) is 6. The highest BCUT2D eigenvalue weighted by atomic mass is 16.6. The molecule has 0 radical (unpaired) electrons. The monoisotopic (exact) mass is 379 g/mol. The molecule has 1 fully saturated rings. The minimum absolute atomic E-state index is 0.0183. The van der Waals surface area contributed by atoms with Gasteiger partial charge in [0, 0.05) is 38.8 Å². The Kier molecular flexibility index (Phi) is 7.01. The summed E-state index contributed by atoms with van der Waals surface area (Å²) in [5.74, 6) is 0.294. The number of benzene rings is 1. The number of carbonyl (C=O) groups excluding carboxylic acids is 1. The van der Waals surface area contributed by atoms with E-state index in [1.807, 2.05) is 20.8 Å². The zero-order valence-corrected chi connectivity index (χ0v) is 16.5. The highest BCUT2D eigenvalue weighted by Gasteiger charge is 2.28. The molecular formula is C19H29N3O5. The fourth-order valence-electron chi connectivity index (χ4n) is 3.03. The van der Waals surface area contributed by atoms with Crippen LogP contribution in [-0.2, 0) is 4.74 Å². The summed E-state index contributed by atoms with van der Waals surface area (Å²) in [7, 11) is 1.78. The van der Waals surface area contributed by atoms with Crippen LogP contribution in [0.25, 0.3) is 0 Å². The summed E-state index contributed by atoms with van der Waals surface area (Å²) in [6.07, 6.45) is 1.43. The molecule has 1 aliphatic rings. The molecule has 0 spiro atoms. The van der Waals surface area contributed by atoms with Crippen molar-refractivity contribution in [1.29, 1.82) is 0 Å². The fourth-order valence-corrected chi connectivity index (χ4v) is 3.03. The van der Waals surface area contributed by atoms with Gasteiger partial charge in [-0.25, -0.2) is 4.79 Å². The van der Waals surface area contributed by atoms with E-state index >= 15 is 0 Å². The second-order valence-corrected chi connectivity index (χ2v) is 7.74. The molecule has 8 nitrogen and oxygen atoms in total. The van der Waals surface area contributed by atoms with E-state index in [0.717, 1.165) is 25.9 Å². The maximum atomic E-state index is 12.2. The van der Waals surface area contributed by atoms with Crippen molar-refractivity contribution in [3.63, 3.8) is 0 Å². The van der Waals surface area contributed by atoms with E-state index in [-0.39, 0.29) is 17.8 Å². The molecule has 1 saturated heterocycles. The predicted octanol–water partition coefficient (Wildman–Crippen LogP) is 3.30. The second-order valence-electron chi connectivity index (χ2n) is 7.74. The van der Waals surface area contributed by atoms with Crippen molar-refractivity contribution in [3.05, 3.63) is 34.4 Å². The summed E-state index contributed by atoms with van der Waals surface area (Å²) in [4.78, 5) is 26.7. The molecule has 1 heterocycles. The predicted molar refractivity (Wildman–Crippen MR) is 102 cm³/mol. The molecule has 0 bridgehead atoms. The molecule has 2 rings (SSSR count). The van der Waals surface area contributed by atoms with E-state index in [2.05, 4.69) is 4.90 Å². The molecular weight excluding hydrogens is 350 g/mol. The van der Waals surface area contributed by atoms with Gasteiger partial charge in [0.05, 0.1) is 4.92 Å². The molecule has 0 unspecified atom stereocenters. The minimum atomic E-state index is -0.497. The zero-order chi connectivity index (χ0) is 20.0. The topological polar surface area (TPSA) is 85.2 Å². The average Bonchev–Trinajstić information content (AvgIpc) is 2.60. The molecule has 27 heavy (non-hydrogen) atoms. The van der Waals surface area contributed by atoms with Gasteiger partial charge < -0.3 is 14.4 Å². The van der Waals surface area contributed by atoms with E-state index in [1.165, 1.54) is 6.07 Å². The van der Waals surface area contributed by atoms with E-state index in [1.54, 1.807) is 30.1 Å². The van der Waals surface area contributed by atoms with Crippen LogP contribution in [0.3, 0.4) is 0 Å². The third-order valence-corrected chi connectivity index (χ3v) is 4.51. The van der Waals surface area contributed by atoms with Crippen LogP contribution in [0.1, 0.15) is 33.6 Å². The standard InChI is InChI=1S/C19H29N3O5/c1-19(2,3)27-18(23)20(4)15-9-11-21(12-10-15)13-14-26-17-8-6-5-7-16(17)22(24)25/h5-8,15H,9-14H2,1-4H3. The Morgan fingerprint density at radius 1 is 1.30 bits per heavy atom. The van der Waals surface area contributed by atoms with Crippen LogP contribution >= 0.6 is 0 Å². The van der Waals surface area contributed by atoms with Gasteiger partial charge in [0.25, 0.3) is 0 Å². The molecule has 1 aromatic rings. The maximum Gasteiger partial charge on any atom is 0.410 e. The van der Waals surface area contributed by atoms with Crippen molar-refractivity contribution in [2.75, 3.05) is 33.3 Å². The van der Waals surface area contributed by atoms with Gasteiger partial charge in [-0.1, -0.05) is 12.1 Å². The number of nitro groups is 1. The first-order valence-electron chi connectivity index (χ1n) is 9.22. The van der Waals surface area contributed by atoms with Crippen molar-refractivity contribution < 1.29 is 19.2 Å². The van der Waals surface area contributed by atoms with Gasteiger partial charge in [-0.3, -0.25) is 15.0 Å². The molecule has 0 aliphatic carbocycles. The second kappa shape index (κ2) is 9.03. The summed E-state index contributed by atoms with van der Waals surface area (Å²) in [6, 6.07) is 6.55. The molecule has 150 valence electrons. The number of rotatable bonds is 6. The first-order valence-corrected chi connectivity index (χ1v) is 9.22. The lowest BCUT2D eigenvalue weighted by molar-refractivity contribution is -0.385. The van der Waals surface area contributed by atoms with Gasteiger partial charge in [-0.2, -0.15) is 0 Å². The fraction of sp³-hybridized carbons (Fsp3) is 0.632. The number of likely N-dealkylation sites (tertiary alicyclic amines) is 1. The first kappa shape index (κ1) is 21.0. The van der Waals surface area contributed by atoms with Gasteiger partial charge in [0.15, 0.2) is 5.75 Å². The van der Waals surface area contributed by atoms with Crippen LogP contribution in [0.15, 0.2) is 24.3 Å². The lowest BCUT2D eigenvalue weighted by Crippen LogP contribution is -2.47. The smallest absolute Gasteiger partial charge is 0.410 e. The Balaban J connectivity index is 1.75.